The molecule has 0 bridgehead atoms. The van der Waals surface area contributed by atoms with Gasteiger partial charge in [-0.2, -0.15) is 0 Å². The zero-order valence-corrected chi connectivity index (χ0v) is 22.2. The monoisotopic (exact) mass is 521 g/mol. The molecule has 1 aliphatic carbocycles. The molecule has 36 heavy (non-hydrogen) atoms. The van der Waals surface area contributed by atoms with Crippen LogP contribution in [0.5, 0.6) is 5.75 Å². The van der Waals surface area contributed by atoms with Gasteiger partial charge < -0.3 is 14.0 Å². The molecule has 1 saturated heterocycles. The lowest BCUT2D eigenvalue weighted by Crippen LogP contribution is -2.41. The fourth-order valence-corrected chi connectivity index (χ4v) is 6.54. The summed E-state index contributed by atoms with van der Waals surface area (Å²) in [6, 6.07) is 15.5. The Kier molecular flexibility index (Phi) is 4.83. The van der Waals surface area contributed by atoms with Gasteiger partial charge in [0.15, 0.2) is 0 Å². The van der Waals surface area contributed by atoms with E-state index in [0.29, 0.717) is 27.7 Å². The van der Waals surface area contributed by atoms with Crippen molar-refractivity contribution in [2.24, 2.45) is 0 Å². The summed E-state index contributed by atoms with van der Waals surface area (Å²) in [6.07, 6.45) is 2.08. The van der Waals surface area contributed by atoms with Crippen LogP contribution in [0.3, 0.4) is 0 Å². The molecule has 0 amide bonds. The maximum atomic E-state index is 15.9. The third-order valence-electron chi connectivity index (χ3n) is 8.00. The highest BCUT2D eigenvalue weighted by Gasteiger charge is 2.52. The van der Waals surface area contributed by atoms with Crippen LogP contribution in [0, 0.1) is 5.82 Å². The highest BCUT2D eigenvalue weighted by Crippen LogP contribution is 2.49. The van der Waals surface area contributed by atoms with Gasteiger partial charge in [-0.05, 0) is 100 Å². The van der Waals surface area contributed by atoms with E-state index in [2.05, 4.69) is 16.7 Å². The number of fused-ring (bicyclic) bond motifs is 5. The van der Waals surface area contributed by atoms with Gasteiger partial charge >= 0.3 is 7.12 Å². The average molecular weight is 522 g/mol. The predicted molar refractivity (Wildman–Crippen MR) is 143 cm³/mol. The van der Waals surface area contributed by atoms with Crippen molar-refractivity contribution >= 4 is 46.4 Å². The normalized spacial score (nSPS) is 21.9. The molecular weight excluding hydrogens is 496 g/mol. The third kappa shape index (κ3) is 3.40. The Balaban J connectivity index is 1.39. The average Bonchev–Trinajstić information content (AvgIpc) is 3.34. The Labute approximate surface area is 219 Å². The SMILES string of the molecule is CC1(C)OB(c2cc(F)c3c(c2)OC(c2ccc(C4CC4)s2)n2c-3cc3cc(Cl)ccc32)OC1(C)C. The van der Waals surface area contributed by atoms with Crippen molar-refractivity contribution in [2.45, 2.75) is 63.9 Å². The summed E-state index contributed by atoms with van der Waals surface area (Å²) in [5.41, 5.74) is 1.75. The molecule has 0 spiro atoms. The van der Waals surface area contributed by atoms with Crippen molar-refractivity contribution in [1.29, 1.82) is 0 Å². The standard InChI is InChI=1S/C28H26BClFNO3S/c1-27(2)28(3,4)35-29(34-27)17-13-19(31)25-21-12-16-11-18(30)7-8-20(16)32(21)26(33-22(25)14-17)24-10-9-23(36-24)15-5-6-15/h7-15,26H,5-6H2,1-4H3. The van der Waals surface area contributed by atoms with E-state index in [-0.39, 0.29) is 5.82 Å². The number of thiophene rings is 1. The van der Waals surface area contributed by atoms with Gasteiger partial charge in [-0.25, -0.2) is 4.39 Å². The van der Waals surface area contributed by atoms with Gasteiger partial charge in [0.25, 0.3) is 0 Å². The number of rotatable bonds is 3. The molecule has 4 aromatic rings. The minimum atomic E-state index is -0.674. The molecule has 2 aromatic carbocycles. The number of hydrogen-bond acceptors (Lipinski definition) is 4. The van der Waals surface area contributed by atoms with E-state index >= 15 is 4.39 Å². The van der Waals surface area contributed by atoms with Crippen LogP contribution in [0.2, 0.25) is 5.02 Å². The molecule has 1 unspecified atom stereocenters. The number of halogens is 2. The Morgan fingerprint density at radius 2 is 1.69 bits per heavy atom. The molecule has 1 atom stereocenters. The first kappa shape index (κ1) is 22.8. The van der Waals surface area contributed by atoms with Crippen LogP contribution >= 0.6 is 22.9 Å². The van der Waals surface area contributed by atoms with Gasteiger partial charge in [0.1, 0.15) is 11.6 Å². The van der Waals surface area contributed by atoms with Gasteiger partial charge in [0.05, 0.1) is 32.9 Å². The summed E-state index contributed by atoms with van der Waals surface area (Å²) >= 11 is 8.09. The highest BCUT2D eigenvalue weighted by atomic mass is 35.5. The first-order valence-electron chi connectivity index (χ1n) is 12.4. The van der Waals surface area contributed by atoms with E-state index in [1.165, 1.54) is 23.8 Å². The summed E-state index contributed by atoms with van der Waals surface area (Å²) in [5, 5.41) is 1.60. The zero-order valence-electron chi connectivity index (χ0n) is 20.6. The summed E-state index contributed by atoms with van der Waals surface area (Å²) in [7, 11) is -0.674. The van der Waals surface area contributed by atoms with E-state index in [9.17, 15) is 0 Å². The molecule has 184 valence electrons. The van der Waals surface area contributed by atoms with Crippen LogP contribution in [0.15, 0.2) is 48.5 Å². The molecule has 8 heteroatoms. The molecule has 7 rings (SSSR count). The molecule has 4 nitrogen and oxygen atoms in total. The summed E-state index contributed by atoms with van der Waals surface area (Å²) in [5.74, 6) is 0.787. The van der Waals surface area contributed by atoms with Crippen molar-refractivity contribution in [3.63, 3.8) is 0 Å². The molecule has 4 heterocycles. The Bertz CT molecular complexity index is 1520. The molecule has 2 aromatic heterocycles. The van der Waals surface area contributed by atoms with Crippen molar-refractivity contribution in [3.8, 4) is 17.0 Å². The number of benzene rings is 2. The number of aromatic nitrogens is 1. The van der Waals surface area contributed by atoms with Crippen molar-refractivity contribution in [2.75, 3.05) is 0 Å². The van der Waals surface area contributed by atoms with Crippen LogP contribution in [-0.4, -0.2) is 22.9 Å². The largest absolute Gasteiger partial charge is 0.495 e. The van der Waals surface area contributed by atoms with Gasteiger partial charge in [-0.1, -0.05) is 11.6 Å². The van der Waals surface area contributed by atoms with Crippen LogP contribution in [0.4, 0.5) is 4.39 Å². The highest BCUT2D eigenvalue weighted by molar-refractivity contribution is 7.12. The Hall–Kier alpha value is -2.32. The van der Waals surface area contributed by atoms with E-state index < -0.39 is 24.5 Å². The number of ether oxygens (including phenoxy) is 1. The maximum Gasteiger partial charge on any atom is 0.495 e. The summed E-state index contributed by atoms with van der Waals surface area (Å²) < 4.78 is 37.0. The van der Waals surface area contributed by atoms with E-state index in [0.717, 1.165) is 21.5 Å². The van der Waals surface area contributed by atoms with E-state index in [1.807, 2.05) is 58.0 Å². The van der Waals surface area contributed by atoms with Crippen LogP contribution in [0.25, 0.3) is 22.2 Å². The number of nitrogens with zero attached hydrogens (tertiary/aromatic N) is 1. The second kappa shape index (κ2) is 7.61. The smallest absolute Gasteiger partial charge is 0.464 e. The Morgan fingerprint density at radius 3 is 2.42 bits per heavy atom. The summed E-state index contributed by atoms with van der Waals surface area (Å²) in [4.78, 5) is 2.48. The van der Waals surface area contributed by atoms with E-state index in [4.69, 9.17) is 25.6 Å². The topological polar surface area (TPSA) is 32.6 Å². The molecule has 2 fully saturated rings. The van der Waals surface area contributed by atoms with Crippen molar-refractivity contribution < 1.29 is 18.4 Å². The first-order chi connectivity index (χ1) is 17.1. The molecule has 2 aliphatic heterocycles. The number of hydrogen-bond donors (Lipinski definition) is 0. The van der Waals surface area contributed by atoms with Gasteiger partial charge in [0, 0.05) is 15.3 Å². The molecule has 0 radical (unpaired) electrons. The second-order valence-electron chi connectivity index (χ2n) is 11.1. The van der Waals surface area contributed by atoms with Gasteiger partial charge in [-0.15, -0.1) is 11.3 Å². The van der Waals surface area contributed by atoms with Crippen molar-refractivity contribution in [3.05, 3.63) is 69.1 Å². The van der Waals surface area contributed by atoms with Crippen molar-refractivity contribution in [1.82, 2.24) is 4.57 Å². The molecule has 3 aliphatic rings. The van der Waals surface area contributed by atoms with Crippen LogP contribution in [-0.2, 0) is 9.31 Å². The van der Waals surface area contributed by atoms with E-state index in [1.54, 1.807) is 11.3 Å². The molecular formula is C28H26BClFNO3S. The second-order valence-corrected chi connectivity index (χ2v) is 12.6. The first-order valence-corrected chi connectivity index (χ1v) is 13.6. The quantitative estimate of drug-likeness (QED) is 0.266. The van der Waals surface area contributed by atoms with Gasteiger partial charge in [-0.3, -0.25) is 4.57 Å². The third-order valence-corrected chi connectivity index (χ3v) is 9.52. The minimum absolute atomic E-state index is 0.365. The fourth-order valence-electron chi connectivity index (χ4n) is 5.16. The predicted octanol–water partition coefficient (Wildman–Crippen LogP) is 7.28. The lowest BCUT2D eigenvalue weighted by molar-refractivity contribution is 0.00578. The maximum absolute atomic E-state index is 15.9. The van der Waals surface area contributed by atoms with Crippen LogP contribution in [0.1, 0.15) is 62.4 Å². The minimum Gasteiger partial charge on any atom is -0.464 e. The lowest BCUT2D eigenvalue weighted by atomic mass is 9.78. The zero-order chi connectivity index (χ0) is 25.0. The Morgan fingerprint density at radius 1 is 0.972 bits per heavy atom. The molecule has 0 N–H and O–H groups in total. The lowest BCUT2D eigenvalue weighted by Gasteiger charge is -2.32. The summed E-state index contributed by atoms with van der Waals surface area (Å²) in [6.45, 7) is 7.97. The van der Waals surface area contributed by atoms with Gasteiger partial charge in [0.2, 0.25) is 6.23 Å². The van der Waals surface area contributed by atoms with Crippen LogP contribution < -0.4 is 10.2 Å². The molecule has 1 saturated carbocycles. The fraction of sp³-hybridized carbons (Fsp3) is 0.357.